The molecule has 0 bridgehead atoms. The maximum atomic E-state index is 12.9. The molecule has 0 saturated heterocycles. The lowest BCUT2D eigenvalue weighted by molar-refractivity contribution is -0.111. The molecule has 14 heavy (non-hydrogen) atoms. The lowest BCUT2D eigenvalue weighted by Gasteiger charge is -2.03. The fourth-order valence-electron chi connectivity index (χ4n) is 1.16. The van der Waals surface area contributed by atoms with Crippen LogP contribution in [0.4, 0.5) is 4.39 Å². The molecule has 4 heteroatoms. The minimum atomic E-state index is -0.429. The van der Waals surface area contributed by atoms with Crippen molar-refractivity contribution in [3.63, 3.8) is 0 Å². The summed E-state index contributed by atoms with van der Waals surface area (Å²) in [5.74, 6) is -0.429. The zero-order valence-corrected chi connectivity index (χ0v) is 8.91. The van der Waals surface area contributed by atoms with Crippen molar-refractivity contribution in [2.45, 2.75) is 19.3 Å². The molecule has 1 aromatic carbocycles. The van der Waals surface area contributed by atoms with Gasteiger partial charge in [-0.3, -0.25) is 4.79 Å². The average molecular weight is 235 g/mol. The molecule has 1 rings (SSSR count). The number of carbonyl (C=O) groups excluding carboxylic acids is 1. The normalized spacial score (nSPS) is 10.2. The van der Waals surface area contributed by atoms with E-state index in [1.54, 1.807) is 12.1 Å². The van der Waals surface area contributed by atoms with Gasteiger partial charge in [-0.2, -0.15) is 0 Å². The molecule has 0 spiro atoms. The Balaban J connectivity index is 2.59. The van der Waals surface area contributed by atoms with Gasteiger partial charge in [-0.15, -0.1) is 0 Å². The lowest BCUT2D eigenvalue weighted by Crippen LogP contribution is -1.92. The van der Waals surface area contributed by atoms with E-state index in [1.165, 1.54) is 6.07 Å². The van der Waals surface area contributed by atoms with Crippen LogP contribution in [0.3, 0.4) is 0 Å². The van der Waals surface area contributed by atoms with Gasteiger partial charge in [0.1, 0.15) is 5.82 Å². The van der Waals surface area contributed by atoms with Crippen molar-refractivity contribution in [1.82, 2.24) is 0 Å². The number of hydrogen-bond donors (Lipinski definition) is 0. The molecule has 0 unspecified atom stereocenters. The van der Waals surface area contributed by atoms with Crippen LogP contribution in [0.25, 0.3) is 0 Å². The highest BCUT2D eigenvalue weighted by atomic mass is 35.5. The van der Waals surface area contributed by atoms with Crippen molar-refractivity contribution in [1.29, 1.82) is 0 Å². The second kappa shape index (κ2) is 5.32. The maximum absolute atomic E-state index is 12.9. The number of benzene rings is 1. The molecule has 0 aliphatic heterocycles. The molecule has 0 amide bonds. The summed E-state index contributed by atoms with van der Waals surface area (Å²) < 4.78 is 12.9. The van der Waals surface area contributed by atoms with Gasteiger partial charge < -0.3 is 0 Å². The lowest BCUT2D eigenvalue weighted by atomic mass is 10.1. The summed E-state index contributed by atoms with van der Waals surface area (Å²) in [6.45, 7) is 0. The van der Waals surface area contributed by atoms with Crippen LogP contribution in [0.1, 0.15) is 18.4 Å². The summed E-state index contributed by atoms with van der Waals surface area (Å²) in [6.07, 6.45) is 1.44. The molecule has 0 aromatic heterocycles. The van der Waals surface area contributed by atoms with E-state index < -0.39 is 5.82 Å². The zero-order chi connectivity index (χ0) is 10.6. The molecule has 0 atom stereocenters. The first-order valence-electron chi connectivity index (χ1n) is 4.22. The van der Waals surface area contributed by atoms with Crippen LogP contribution in [-0.2, 0) is 11.2 Å². The Morgan fingerprint density at radius 3 is 2.79 bits per heavy atom. The van der Waals surface area contributed by atoms with E-state index in [2.05, 4.69) is 0 Å². The van der Waals surface area contributed by atoms with Crippen LogP contribution in [0, 0.1) is 5.82 Å². The first kappa shape index (κ1) is 11.5. The van der Waals surface area contributed by atoms with Crippen molar-refractivity contribution in [3.8, 4) is 0 Å². The van der Waals surface area contributed by atoms with Gasteiger partial charge in [0.05, 0.1) is 5.02 Å². The van der Waals surface area contributed by atoms with Gasteiger partial charge in [-0.25, -0.2) is 4.39 Å². The summed E-state index contributed by atoms with van der Waals surface area (Å²) in [5, 5.41) is -0.243. The minimum Gasteiger partial charge on any atom is -0.281 e. The molecule has 0 radical (unpaired) electrons. The smallest absolute Gasteiger partial charge is 0.221 e. The molecule has 0 aliphatic rings. The van der Waals surface area contributed by atoms with Crippen molar-refractivity contribution in [2.24, 2.45) is 0 Å². The van der Waals surface area contributed by atoms with Crippen LogP contribution in [0.2, 0.25) is 5.02 Å². The minimum absolute atomic E-state index is 0.134. The van der Waals surface area contributed by atoms with E-state index in [0.717, 1.165) is 0 Å². The number of halogens is 3. The van der Waals surface area contributed by atoms with Crippen LogP contribution >= 0.6 is 23.2 Å². The molecule has 1 aromatic rings. The van der Waals surface area contributed by atoms with E-state index in [-0.39, 0.29) is 16.7 Å². The van der Waals surface area contributed by atoms with Gasteiger partial charge in [0.15, 0.2) is 0 Å². The highest BCUT2D eigenvalue weighted by Gasteiger charge is 2.05. The van der Waals surface area contributed by atoms with Gasteiger partial charge in [0.25, 0.3) is 0 Å². The molecule has 0 saturated carbocycles. The largest absolute Gasteiger partial charge is 0.281 e. The first-order chi connectivity index (χ1) is 6.61. The Labute approximate surface area is 91.8 Å². The Kier molecular flexibility index (Phi) is 4.36. The SMILES string of the molecule is O=C(Cl)CCCc1cccc(F)c1Cl. The Morgan fingerprint density at radius 1 is 1.43 bits per heavy atom. The first-order valence-corrected chi connectivity index (χ1v) is 4.98. The average Bonchev–Trinajstić information content (AvgIpc) is 2.12. The fraction of sp³-hybridized carbons (Fsp3) is 0.300. The molecule has 0 fully saturated rings. The molecular formula is C10H9Cl2FO. The summed E-state index contributed by atoms with van der Waals surface area (Å²) in [4.78, 5) is 10.4. The van der Waals surface area contributed by atoms with Crippen molar-refractivity contribution < 1.29 is 9.18 Å². The summed E-state index contributed by atoms with van der Waals surface area (Å²) in [7, 11) is 0. The van der Waals surface area contributed by atoms with Crippen LogP contribution in [0.5, 0.6) is 0 Å². The van der Waals surface area contributed by atoms with E-state index in [4.69, 9.17) is 23.2 Å². The zero-order valence-electron chi connectivity index (χ0n) is 7.40. The Hall–Kier alpha value is -0.600. The van der Waals surface area contributed by atoms with E-state index in [9.17, 15) is 9.18 Å². The van der Waals surface area contributed by atoms with Crippen molar-refractivity contribution in [3.05, 3.63) is 34.6 Å². The predicted molar refractivity (Wildman–Crippen MR) is 55.2 cm³/mol. The third-order valence-corrected chi connectivity index (χ3v) is 2.46. The van der Waals surface area contributed by atoms with Crippen LogP contribution < -0.4 is 0 Å². The monoisotopic (exact) mass is 234 g/mol. The Morgan fingerprint density at radius 2 is 2.14 bits per heavy atom. The van der Waals surface area contributed by atoms with E-state index >= 15 is 0 Å². The molecule has 0 heterocycles. The molecule has 1 nitrogen and oxygen atoms in total. The van der Waals surface area contributed by atoms with Gasteiger partial charge in [-0.05, 0) is 36.1 Å². The highest BCUT2D eigenvalue weighted by molar-refractivity contribution is 6.63. The predicted octanol–water partition coefficient (Wildman–Crippen LogP) is 3.57. The molecule has 0 N–H and O–H groups in total. The highest BCUT2D eigenvalue weighted by Crippen LogP contribution is 2.21. The van der Waals surface area contributed by atoms with Gasteiger partial charge in [-0.1, -0.05) is 23.7 Å². The standard InChI is InChI=1S/C10H9Cl2FO/c11-9(14)6-2-4-7-3-1-5-8(13)10(7)12/h1,3,5H,2,4,6H2. The van der Waals surface area contributed by atoms with Gasteiger partial charge in [0.2, 0.25) is 5.24 Å². The molecule has 76 valence electrons. The van der Waals surface area contributed by atoms with E-state index in [1.807, 2.05) is 0 Å². The number of hydrogen-bond acceptors (Lipinski definition) is 1. The van der Waals surface area contributed by atoms with E-state index in [0.29, 0.717) is 18.4 Å². The van der Waals surface area contributed by atoms with Crippen LogP contribution in [0.15, 0.2) is 18.2 Å². The van der Waals surface area contributed by atoms with Crippen LogP contribution in [-0.4, -0.2) is 5.24 Å². The van der Waals surface area contributed by atoms with Crippen molar-refractivity contribution in [2.75, 3.05) is 0 Å². The number of carbonyl (C=O) groups is 1. The van der Waals surface area contributed by atoms with Gasteiger partial charge in [0, 0.05) is 6.42 Å². The number of rotatable bonds is 4. The summed E-state index contributed by atoms with van der Waals surface area (Å²) >= 11 is 10.9. The molecule has 0 aliphatic carbocycles. The fourth-order valence-corrected chi connectivity index (χ4v) is 1.51. The summed E-state index contributed by atoms with van der Waals surface area (Å²) in [6, 6.07) is 4.64. The maximum Gasteiger partial charge on any atom is 0.221 e. The number of aryl methyl sites for hydroxylation is 1. The molecular weight excluding hydrogens is 226 g/mol. The summed E-state index contributed by atoms with van der Waals surface area (Å²) in [5.41, 5.74) is 0.713. The third-order valence-electron chi connectivity index (χ3n) is 1.85. The van der Waals surface area contributed by atoms with Gasteiger partial charge >= 0.3 is 0 Å². The second-order valence-electron chi connectivity index (χ2n) is 2.92. The van der Waals surface area contributed by atoms with Crippen molar-refractivity contribution >= 4 is 28.4 Å². The second-order valence-corrected chi connectivity index (χ2v) is 3.72. The Bertz CT molecular complexity index is 339. The third kappa shape index (κ3) is 3.28. The quantitative estimate of drug-likeness (QED) is 0.729. The topological polar surface area (TPSA) is 17.1 Å².